The van der Waals surface area contributed by atoms with Crippen molar-refractivity contribution in [3.05, 3.63) is 28.7 Å². The van der Waals surface area contributed by atoms with Gasteiger partial charge in [-0.3, -0.25) is 4.98 Å². The van der Waals surface area contributed by atoms with Crippen molar-refractivity contribution in [1.29, 1.82) is 5.26 Å². The first-order valence-electron chi connectivity index (χ1n) is 5.03. The van der Waals surface area contributed by atoms with Crippen molar-refractivity contribution in [3.63, 3.8) is 0 Å². The van der Waals surface area contributed by atoms with Gasteiger partial charge < -0.3 is 9.73 Å². The van der Waals surface area contributed by atoms with Gasteiger partial charge in [0.05, 0.1) is 11.6 Å². The first kappa shape index (κ1) is 10.3. The minimum absolute atomic E-state index is 0.448. The summed E-state index contributed by atoms with van der Waals surface area (Å²) in [5.74, 6) is -0.448. The monoisotopic (exact) mass is 217 g/mol. The summed E-state index contributed by atoms with van der Waals surface area (Å²) in [6.07, 6.45) is 1.33. The number of H-pyrrole nitrogens is 1. The molecule has 0 aliphatic rings. The van der Waals surface area contributed by atoms with Gasteiger partial charge in [0.2, 0.25) is 0 Å². The number of nitrogens with zero attached hydrogens (tertiary/aromatic N) is 1. The number of oxazole rings is 1. The number of nitriles is 1. The summed E-state index contributed by atoms with van der Waals surface area (Å²) in [6.45, 7) is 0.730. The van der Waals surface area contributed by atoms with E-state index in [-0.39, 0.29) is 0 Å². The molecule has 2 aromatic rings. The summed E-state index contributed by atoms with van der Waals surface area (Å²) in [5.41, 5.74) is 2.11. The highest BCUT2D eigenvalue weighted by molar-refractivity contribution is 5.76. The zero-order valence-corrected chi connectivity index (χ0v) is 8.62. The number of aromatic nitrogens is 1. The number of fused-ring (bicyclic) bond motifs is 1. The van der Waals surface area contributed by atoms with E-state index in [4.69, 9.17) is 9.68 Å². The number of rotatable bonds is 4. The van der Waals surface area contributed by atoms with Crippen LogP contribution in [0.1, 0.15) is 12.8 Å². The van der Waals surface area contributed by atoms with Crippen LogP contribution in [0.15, 0.2) is 27.4 Å². The van der Waals surface area contributed by atoms with Gasteiger partial charge in [-0.1, -0.05) is 0 Å². The molecule has 1 heterocycles. The highest BCUT2D eigenvalue weighted by Gasteiger charge is 2.01. The molecular weight excluding hydrogens is 206 g/mol. The lowest BCUT2D eigenvalue weighted by Crippen LogP contribution is -2.00. The molecule has 0 saturated heterocycles. The number of nitrogens with one attached hydrogen (secondary N) is 2. The summed E-state index contributed by atoms with van der Waals surface area (Å²) < 4.78 is 4.93. The van der Waals surface area contributed by atoms with Gasteiger partial charge in [-0.25, -0.2) is 4.79 Å². The molecule has 5 heteroatoms. The van der Waals surface area contributed by atoms with Crippen LogP contribution in [0.5, 0.6) is 0 Å². The quantitative estimate of drug-likeness (QED) is 0.765. The third kappa shape index (κ3) is 2.23. The number of benzene rings is 1. The molecule has 0 bridgehead atoms. The van der Waals surface area contributed by atoms with Gasteiger partial charge in [0, 0.05) is 24.7 Å². The minimum Gasteiger partial charge on any atom is -0.408 e. The van der Waals surface area contributed by atoms with Gasteiger partial charge in [-0.2, -0.15) is 5.26 Å². The highest BCUT2D eigenvalue weighted by atomic mass is 16.4. The summed E-state index contributed by atoms with van der Waals surface area (Å²) in [6, 6.07) is 7.49. The molecule has 1 aromatic heterocycles. The normalized spacial score (nSPS) is 10.2. The molecule has 5 nitrogen and oxygen atoms in total. The largest absolute Gasteiger partial charge is 0.417 e. The molecule has 0 amide bonds. The molecule has 0 spiro atoms. The van der Waals surface area contributed by atoms with Crippen LogP contribution in [0.4, 0.5) is 5.69 Å². The summed E-state index contributed by atoms with van der Waals surface area (Å²) in [5, 5.41) is 11.5. The van der Waals surface area contributed by atoms with E-state index in [0.717, 1.165) is 18.7 Å². The fourth-order valence-corrected chi connectivity index (χ4v) is 1.46. The van der Waals surface area contributed by atoms with Crippen LogP contribution in [0, 0.1) is 11.3 Å². The third-order valence-corrected chi connectivity index (χ3v) is 2.22. The van der Waals surface area contributed by atoms with E-state index in [1.807, 2.05) is 6.07 Å². The molecule has 1 aromatic carbocycles. The fraction of sp³-hybridized carbons (Fsp3) is 0.273. The minimum atomic E-state index is -0.448. The lowest BCUT2D eigenvalue weighted by Gasteiger charge is -2.03. The Morgan fingerprint density at radius 1 is 1.50 bits per heavy atom. The van der Waals surface area contributed by atoms with E-state index in [0.29, 0.717) is 17.5 Å². The van der Waals surface area contributed by atoms with Crippen LogP contribution < -0.4 is 11.1 Å². The van der Waals surface area contributed by atoms with Crippen LogP contribution >= 0.6 is 0 Å². The second kappa shape index (κ2) is 4.53. The molecule has 16 heavy (non-hydrogen) atoms. The molecule has 0 radical (unpaired) electrons. The average molecular weight is 217 g/mol. The first-order valence-corrected chi connectivity index (χ1v) is 5.03. The molecule has 0 saturated carbocycles. The number of anilines is 1. The molecule has 82 valence electrons. The zero-order valence-electron chi connectivity index (χ0n) is 8.62. The maximum Gasteiger partial charge on any atom is 0.417 e. The van der Waals surface area contributed by atoms with Crippen LogP contribution in [0.25, 0.3) is 11.1 Å². The number of hydrogen-bond donors (Lipinski definition) is 2. The van der Waals surface area contributed by atoms with Gasteiger partial charge in [-0.05, 0) is 18.6 Å². The van der Waals surface area contributed by atoms with E-state index in [1.54, 1.807) is 12.1 Å². The number of hydrogen-bond acceptors (Lipinski definition) is 4. The lowest BCUT2D eigenvalue weighted by atomic mass is 10.2. The van der Waals surface area contributed by atoms with Crippen molar-refractivity contribution < 1.29 is 4.42 Å². The molecule has 0 atom stereocenters. The topological polar surface area (TPSA) is 81.8 Å². The van der Waals surface area contributed by atoms with Crippen LogP contribution in [0.3, 0.4) is 0 Å². The van der Waals surface area contributed by atoms with Crippen LogP contribution in [-0.4, -0.2) is 11.5 Å². The van der Waals surface area contributed by atoms with Gasteiger partial charge in [-0.15, -0.1) is 0 Å². The summed E-state index contributed by atoms with van der Waals surface area (Å²) >= 11 is 0. The molecule has 0 unspecified atom stereocenters. The smallest absolute Gasteiger partial charge is 0.408 e. The SMILES string of the molecule is N#CCCCNc1ccc2[nH]c(=O)oc2c1. The van der Waals surface area contributed by atoms with Crippen molar-refractivity contribution in [1.82, 2.24) is 4.98 Å². The lowest BCUT2D eigenvalue weighted by molar-refractivity contribution is 0.555. The number of aromatic amines is 1. The van der Waals surface area contributed by atoms with Gasteiger partial charge >= 0.3 is 5.76 Å². The van der Waals surface area contributed by atoms with Gasteiger partial charge in [0.15, 0.2) is 5.58 Å². The Bertz CT molecular complexity index is 577. The maximum absolute atomic E-state index is 10.9. The van der Waals surface area contributed by atoms with E-state index in [9.17, 15) is 4.79 Å². The number of unbranched alkanes of at least 4 members (excludes halogenated alkanes) is 1. The van der Waals surface area contributed by atoms with E-state index < -0.39 is 5.76 Å². The Kier molecular flexibility index (Phi) is 2.92. The summed E-state index contributed by atoms with van der Waals surface area (Å²) in [7, 11) is 0. The van der Waals surface area contributed by atoms with Gasteiger partial charge in [0.25, 0.3) is 0 Å². The maximum atomic E-state index is 10.9. The predicted octanol–water partition coefficient (Wildman–Crippen LogP) is 1.84. The van der Waals surface area contributed by atoms with Crippen molar-refractivity contribution in [2.45, 2.75) is 12.8 Å². The second-order valence-electron chi connectivity index (χ2n) is 3.41. The predicted molar refractivity (Wildman–Crippen MR) is 60.2 cm³/mol. The Hall–Kier alpha value is -2.22. The Morgan fingerprint density at radius 2 is 2.38 bits per heavy atom. The van der Waals surface area contributed by atoms with Crippen molar-refractivity contribution in [3.8, 4) is 6.07 Å². The van der Waals surface area contributed by atoms with Crippen molar-refractivity contribution in [2.75, 3.05) is 11.9 Å². The summed E-state index contributed by atoms with van der Waals surface area (Å²) in [4.78, 5) is 13.5. The Morgan fingerprint density at radius 3 is 3.19 bits per heavy atom. The average Bonchev–Trinajstić information content (AvgIpc) is 2.64. The molecule has 0 aliphatic heterocycles. The Balaban J connectivity index is 2.08. The van der Waals surface area contributed by atoms with Gasteiger partial charge in [0.1, 0.15) is 0 Å². The fourth-order valence-electron chi connectivity index (χ4n) is 1.46. The second-order valence-corrected chi connectivity index (χ2v) is 3.41. The van der Waals surface area contributed by atoms with Crippen molar-refractivity contribution in [2.24, 2.45) is 0 Å². The molecular formula is C11H11N3O2. The third-order valence-electron chi connectivity index (χ3n) is 2.22. The Labute approximate surface area is 91.7 Å². The zero-order chi connectivity index (χ0) is 11.4. The van der Waals surface area contributed by atoms with Crippen LogP contribution in [0.2, 0.25) is 0 Å². The molecule has 0 aliphatic carbocycles. The van der Waals surface area contributed by atoms with E-state index in [2.05, 4.69) is 16.4 Å². The molecule has 2 rings (SSSR count). The first-order chi connectivity index (χ1) is 7.79. The molecule has 2 N–H and O–H groups in total. The van der Waals surface area contributed by atoms with E-state index in [1.165, 1.54) is 0 Å². The van der Waals surface area contributed by atoms with Crippen LogP contribution in [-0.2, 0) is 0 Å². The van der Waals surface area contributed by atoms with E-state index >= 15 is 0 Å². The molecule has 0 fully saturated rings. The highest BCUT2D eigenvalue weighted by Crippen LogP contribution is 2.16. The standard InChI is InChI=1S/C11H11N3O2/c12-5-1-2-6-13-8-3-4-9-10(7-8)16-11(15)14-9/h3-4,7,13H,1-2,6H2,(H,14,15). The van der Waals surface area contributed by atoms with Crippen molar-refractivity contribution >= 4 is 16.8 Å².